The number of nitro benzene ring substituents is 1. The molecule has 0 saturated carbocycles. The first kappa shape index (κ1) is 15.1. The fourth-order valence-electron chi connectivity index (χ4n) is 1.91. The van der Waals surface area contributed by atoms with Crippen molar-refractivity contribution in [3.05, 3.63) is 57.6 Å². The van der Waals surface area contributed by atoms with Gasteiger partial charge >= 0.3 is 6.01 Å². The topological polar surface area (TPSA) is 96.0 Å². The molecule has 9 heteroatoms. The maximum Gasteiger partial charge on any atom is 0.321 e. The van der Waals surface area contributed by atoms with Crippen LogP contribution in [0.4, 0.5) is 5.69 Å². The summed E-state index contributed by atoms with van der Waals surface area (Å²) in [5.74, 6) is 0.278. The number of rotatable bonds is 4. The number of aryl methyl sites for hydroxylation is 1. The average molecular weight is 376 g/mol. The standard InChI is InChI=1S/C14H10BrN5O3/c1-19-8-10(7-18-19)9-5-16-14(17-6-9)23-13-3-11(15)2-12(4-13)20(21)22/h2-8H,1H3. The first-order chi connectivity index (χ1) is 11.0. The van der Waals surface area contributed by atoms with Gasteiger partial charge in [-0.3, -0.25) is 14.8 Å². The van der Waals surface area contributed by atoms with Crippen molar-refractivity contribution in [2.24, 2.45) is 7.05 Å². The Balaban J connectivity index is 1.82. The van der Waals surface area contributed by atoms with Gasteiger partial charge < -0.3 is 4.74 Å². The highest BCUT2D eigenvalue weighted by Crippen LogP contribution is 2.28. The van der Waals surface area contributed by atoms with Crippen LogP contribution in [0.5, 0.6) is 11.8 Å². The summed E-state index contributed by atoms with van der Waals surface area (Å²) < 4.78 is 7.69. The first-order valence-electron chi connectivity index (χ1n) is 6.45. The van der Waals surface area contributed by atoms with Gasteiger partial charge in [-0.25, -0.2) is 9.97 Å². The highest BCUT2D eigenvalue weighted by atomic mass is 79.9. The number of ether oxygens (including phenoxy) is 1. The van der Waals surface area contributed by atoms with Gasteiger partial charge in [0.25, 0.3) is 5.69 Å². The van der Waals surface area contributed by atoms with Crippen molar-refractivity contribution in [2.45, 2.75) is 0 Å². The molecule has 1 aromatic carbocycles. The van der Waals surface area contributed by atoms with Crippen LogP contribution in [-0.4, -0.2) is 24.7 Å². The fourth-order valence-corrected chi connectivity index (χ4v) is 2.37. The average Bonchev–Trinajstić information content (AvgIpc) is 2.94. The fraction of sp³-hybridized carbons (Fsp3) is 0.0714. The SMILES string of the molecule is Cn1cc(-c2cnc(Oc3cc(Br)cc([N+](=O)[O-])c3)nc2)cn1. The molecule has 0 unspecified atom stereocenters. The number of aromatic nitrogens is 4. The summed E-state index contributed by atoms with van der Waals surface area (Å²) in [6.07, 6.45) is 6.76. The zero-order valence-corrected chi connectivity index (χ0v) is 13.5. The predicted octanol–water partition coefficient (Wildman–Crippen LogP) is 3.34. The molecule has 2 aromatic heterocycles. The van der Waals surface area contributed by atoms with Gasteiger partial charge in [-0.2, -0.15) is 5.10 Å². The van der Waals surface area contributed by atoms with E-state index in [9.17, 15) is 10.1 Å². The Morgan fingerprint density at radius 1 is 1.17 bits per heavy atom. The smallest absolute Gasteiger partial charge is 0.321 e. The highest BCUT2D eigenvalue weighted by Gasteiger charge is 2.11. The van der Waals surface area contributed by atoms with Gasteiger partial charge in [0, 0.05) is 47.3 Å². The van der Waals surface area contributed by atoms with Crippen LogP contribution >= 0.6 is 15.9 Å². The largest absolute Gasteiger partial charge is 0.424 e. The monoisotopic (exact) mass is 375 g/mol. The summed E-state index contributed by atoms with van der Waals surface area (Å²) >= 11 is 3.20. The second kappa shape index (κ2) is 6.13. The molecular weight excluding hydrogens is 366 g/mol. The van der Waals surface area contributed by atoms with Gasteiger partial charge in [0.15, 0.2) is 0 Å². The first-order valence-corrected chi connectivity index (χ1v) is 7.24. The molecule has 0 aliphatic carbocycles. The van der Waals surface area contributed by atoms with Crippen molar-refractivity contribution < 1.29 is 9.66 Å². The van der Waals surface area contributed by atoms with Gasteiger partial charge in [0.2, 0.25) is 0 Å². The number of non-ortho nitro benzene ring substituents is 1. The van der Waals surface area contributed by atoms with Crippen LogP contribution in [-0.2, 0) is 7.05 Å². The Kier molecular flexibility index (Phi) is 4.02. The third-order valence-electron chi connectivity index (χ3n) is 2.94. The van der Waals surface area contributed by atoms with Crippen molar-refractivity contribution in [2.75, 3.05) is 0 Å². The second-order valence-corrected chi connectivity index (χ2v) is 5.58. The molecule has 0 aliphatic heterocycles. The molecule has 2 heterocycles. The Bertz CT molecular complexity index is 863. The lowest BCUT2D eigenvalue weighted by Crippen LogP contribution is -1.94. The Hall–Kier alpha value is -2.81. The molecule has 0 atom stereocenters. The molecule has 3 rings (SSSR count). The molecule has 0 N–H and O–H groups in total. The zero-order chi connectivity index (χ0) is 16.4. The van der Waals surface area contributed by atoms with Crippen LogP contribution in [0.3, 0.4) is 0 Å². The Morgan fingerprint density at radius 3 is 2.52 bits per heavy atom. The quantitative estimate of drug-likeness (QED) is 0.512. The van der Waals surface area contributed by atoms with Crippen LogP contribution in [0.2, 0.25) is 0 Å². The minimum absolute atomic E-state index is 0.0821. The third kappa shape index (κ3) is 3.51. The number of benzene rings is 1. The van der Waals surface area contributed by atoms with Crippen LogP contribution in [0.15, 0.2) is 47.5 Å². The molecule has 0 saturated heterocycles. The molecule has 0 fully saturated rings. The third-order valence-corrected chi connectivity index (χ3v) is 3.40. The van der Waals surface area contributed by atoms with Crippen molar-refractivity contribution >= 4 is 21.6 Å². The van der Waals surface area contributed by atoms with E-state index in [2.05, 4.69) is 31.0 Å². The van der Waals surface area contributed by atoms with Gasteiger partial charge in [0.1, 0.15) is 5.75 Å². The molecule has 0 spiro atoms. The second-order valence-electron chi connectivity index (χ2n) is 4.66. The number of hydrogen-bond acceptors (Lipinski definition) is 6. The van der Waals surface area contributed by atoms with Gasteiger partial charge in [-0.1, -0.05) is 15.9 Å². The van der Waals surface area contributed by atoms with Crippen molar-refractivity contribution in [3.63, 3.8) is 0 Å². The molecule has 8 nitrogen and oxygen atoms in total. The summed E-state index contributed by atoms with van der Waals surface area (Å²) in [5, 5.41) is 14.9. The van der Waals surface area contributed by atoms with E-state index in [0.29, 0.717) is 4.47 Å². The summed E-state index contributed by atoms with van der Waals surface area (Å²) in [6, 6.07) is 4.40. The minimum Gasteiger partial charge on any atom is -0.424 e. The van der Waals surface area contributed by atoms with Gasteiger partial charge in [0.05, 0.1) is 17.2 Å². The normalized spacial score (nSPS) is 10.5. The van der Waals surface area contributed by atoms with E-state index in [-0.39, 0.29) is 17.4 Å². The molecule has 23 heavy (non-hydrogen) atoms. The highest BCUT2D eigenvalue weighted by molar-refractivity contribution is 9.10. The molecule has 3 aromatic rings. The number of nitro groups is 1. The van der Waals surface area contributed by atoms with Crippen LogP contribution < -0.4 is 4.74 Å². The van der Waals surface area contributed by atoms with E-state index < -0.39 is 4.92 Å². The van der Waals surface area contributed by atoms with Crippen molar-refractivity contribution in [1.29, 1.82) is 0 Å². The van der Waals surface area contributed by atoms with E-state index in [1.165, 1.54) is 12.1 Å². The lowest BCUT2D eigenvalue weighted by atomic mass is 10.2. The van der Waals surface area contributed by atoms with E-state index in [1.54, 1.807) is 29.3 Å². The Morgan fingerprint density at radius 2 is 1.91 bits per heavy atom. The van der Waals surface area contributed by atoms with E-state index in [4.69, 9.17) is 4.74 Å². The summed E-state index contributed by atoms with van der Waals surface area (Å²) in [4.78, 5) is 18.6. The molecule has 0 radical (unpaired) electrons. The molecule has 0 amide bonds. The molecule has 0 bridgehead atoms. The van der Waals surface area contributed by atoms with Crippen molar-refractivity contribution in [3.8, 4) is 22.9 Å². The summed E-state index contributed by atoms with van der Waals surface area (Å²) in [7, 11) is 1.82. The minimum atomic E-state index is -0.496. The van der Waals surface area contributed by atoms with E-state index in [0.717, 1.165) is 11.1 Å². The number of halogens is 1. The van der Waals surface area contributed by atoms with Gasteiger partial charge in [-0.05, 0) is 6.07 Å². The molecule has 116 valence electrons. The van der Waals surface area contributed by atoms with Gasteiger partial charge in [-0.15, -0.1) is 0 Å². The number of hydrogen-bond donors (Lipinski definition) is 0. The van der Waals surface area contributed by atoms with E-state index in [1.807, 2.05) is 13.2 Å². The maximum atomic E-state index is 10.9. The van der Waals surface area contributed by atoms with Crippen molar-refractivity contribution in [1.82, 2.24) is 19.7 Å². The zero-order valence-electron chi connectivity index (χ0n) is 11.9. The predicted molar refractivity (Wildman–Crippen MR) is 85.1 cm³/mol. The number of nitrogens with zero attached hydrogens (tertiary/aromatic N) is 5. The Labute approximate surface area is 139 Å². The lowest BCUT2D eigenvalue weighted by molar-refractivity contribution is -0.385. The lowest BCUT2D eigenvalue weighted by Gasteiger charge is -2.05. The molecular formula is C14H10BrN5O3. The summed E-state index contributed by atoms with van der Waals surface area (Å²) in [5.41, 5.74) is 1.60. The maximum absolute atomic E-state index is 10.9. The summed E-state index contributed by atoms with van der Waals surface area (Å²) in [6.45, 7) is 0. The van der Waals surface area contributed by atoms with E-state index >= 15 is 0 Å². The van der Waals surface area contributed by atoms with Crippen LogP contribution in [0, 0.1) is 10.1 Å². The molecule has 0 aliphatic rings. The van der Waals surface area contributed by atoms with Crippen LogP contribution in [0.25, 0.3) is 11.1 Å². The van der Waals surface area contributed by atoms with Crippen LogP contribution in [0.1, 0.15) is 0 Å².